The minimum Gasteiger partial charge on any atom is -0.465 e. The number of anilines is 1. The fourth-order valence-electron chi connectivity index (χ4n) is 3.49. The number of esters is 1. The SMILES string of the molecule is COC(=O)c1c(NC(=O)CSc2nnc(C)n2C(C)C)sc2c1CCC(C)C2. The fraction of sp³-hybridized carbons (Fsp3) is 0.579. The Morgan fingerprint density at radius 1 is 1.39 bits per heavy atom. The maximum atomic E-state index is 12.6. The molecule has 0 saturated heterocycles. The van der Waals surface area contributed by atoms with Crippen LogP contribution in [-0.2, 0) is 22.4 Å². The number of ether oxygens (including phenoxy) is 1. The number of aryl methyl sites for hydroxylation is 1. The Kier molecular flexibility index (Phi) is 6.44. The Bertz CT molecular complexity index is 888. The second kappa shape index (κ2) is 8.65. The number of methoxy groups -OCH3 is 1. The molecule has 2 aromatic rings. The molecular weight excluding hydrogens is 396 g/mol. The lowest BCUT2D eigenvalue weighted by molar-refractivity contribution is -0.113. The number of thiophene rings is 1. The lowest BCUT2D eigenvalue weighted by atomic mass is 9.88. The van der Waals surface area contributed by atoms with Crippen LogP contribution in [0.4, 0.5) is 5.00 Å². The number of nitrogens with zero attached hydrogens (tertiary/aromatic N) is 3. The molecule has 0 radical (unpaired) electrons. The zero-order chi connectivity index (χ0) is 20.4. The minimum atomic E-state index is -0.384. The smallest absolute Gasteiger partial charge is 0.341 e. The Labute approximate surface area is 173 Å². The van der Waals surface area contributed by atoms with Crippen molar-refractivity contribution in [1.29, 1.82) is 0 Å². The standard InChI is InChI=1S/C19H26N4O3S2/c1-10(2)23-12(4)21-22-19(23)27-9-15(24)20-17-16(18(25)26-5)13-7-6-11(3)8-14(13)28-17/h10-11H,6-9H2,1-5H3,(H,20,24). The highest BCUT2D eigenvalue weighted by molar-refractivity contribution is 7.99. The monoisotopic (exact) mass is 422 g/mol. The van der Waals surface area contributed by atoms with Gasteiger partial charge in [-0.15, -0.1) is 21.5 Å². The van der Waals surface area contributed by atoms with Gasteiger partial charge in [0.05, 0.1) is 18.4 Å². The van der Waals surface area contributed by atoms with Crippen LogP contribution in [0.2, 0.25) is 0 Å². The van der Waals surface area contributed by atoms with E-state index in [-0.39, 0.29) is 23.7 Å². The number of thioether (sulfide) groups is 1. The first-order chi connectivity index (χ1) is 13.3. The molecule has 28 heavy (non-hydrogen) atoms. The third-order valence-corrected chi connectivity index (χ3v) is 6.95. The summed E-state index contributed by atoms with van der Waals surface area (Å²) in [6, 6.07) is 0.220. The average Bonchev–Trinajstić information content (AvgIpc) is 3.18. The number of amides is 1. The maximum absolute atomic E-state index is 12.6. The largest absolute Gasteiger partial charge is 0.465 e. The van der Waals surface area contributed by atoms with Gasteiger partial charge in [-0.3, -0.25) is 4.79 Å². The van der Waals surface area contributed by atoms with Crippen LogP contribution in [0.3, 0.4) is 0 Å². The quantitative estimate of drug-likeness (QED) is 0.562. The van der Waals surface area contributed by atoms with Crippen LogP contribution in [0.1, 0.15) is 59.9 Å². The highest BCUT2D eigenvalue weighted by Gasteiger charge is 2.29. The second-order valence-corrected chi connectivity index (χ2v) is 9.43. The van der Waals surface area contributed by atoms with Crippen molar-refractivity contribution >= 4 is 40.0 Å². The van der Waals surface area contributed by atoms with Gasteiger partial charge >= 0.3 is 5.97 Å². The molecular formula is C19H26N4O3S2. The molecule has 0 saturated carbocycles. The van der Waals surface area contributed by atoms with Gasteiger partial charge in [0.25, 0.3) is 0 Å². The molecule has 9 heteroatoms. The van der Waals surface area contributed by atoms with Gasteiger partial charge in [0, 0.05) is 10.9 Å². The Hall–Kier alpha value is -1.87. The number of aromatic nitrogens is 3. The molecule has 1 atom stereocenters. The molecule has 3 rings (SSSR count). The van der Waals surface area contributed by atoms with Crippen molar-refractivity contribution in [2.75, 3.05) is 18.2 Å². The number of hydrogen-bond donors (Lipinski definition) is 1. The van der Waals surface area contributed by atoms with Crippen molar-refractivity contribution in [3.8, 4) is 0 Å². The highest BCUT2D eigenvalue weighted by Crippen LogP contribution is 2.40. The molecule has 2 heterocycles. The average molecular weight is 423 g/mol. The topological polar surface area (TPSA) is 86.1 Å². The number of carbonyl (C=O) groups excluding carboxylic acids is 2. The van der Waals surface area contributed by atoms with E-state index in [1.54, 1.807) is 0 Å². The van der Waals surface area contributed by atoms with E-state index in [0.717, 1.165) is 35.8 Å². The summed E-state index contributed by atoms with van der Waals surface area (Å²) >= 11 is 2.84. The van der Waals surface area contributed by atoms with E-state index in [1.807, 2.05) is 11.5 Å². The molecule has 1 amide bonds. The van der Waals surface area contributed by atoms with Gasteiger partial charge in [-0.25, -0.2) is 4.79 Å². The third kappa shape index (κ3) is 4.25. The summed E-state index contributed by atoms with van der Waals surface area (Å²) in [5, 5.41) is 12.5. The predicted octanol–water partition coefficient (Wildman–Crippen LogP) is 3.87. The van der Waals surface area contributed by atoms with Gasteiger partial charge in [-0.05, 0) is 51.5 Å². The van der Waals surface area contributed by atoms with Crippen LogP contribution < -0.4 is 5.32 Å². The first-order valence-corrected chi connectivity index (χ1v) is 11.2. The van der Waals surface area contributed by atoms with Crippen molar-refractivity contribution in [2.24, 2.45) is 5.92 Å². The van der Waals surface area contributed by atoms with E-state index in [2.05, 4.69) is 36.3 Å². The van der Waals surface area contributed by atoms with Crippen LogP contribution in [0, 0.1) is 12.8 Å². The molecule has 0 bridgehead atoms. The number of hydrogen-bond acceptors (Lipinski definition) is 7. The van der Waals surface area contributed by atoms with Crippen molar-refractivity contribution < 1.29 is 14.3 Å². The normalized spacial score (nSPS) is 16.1. The van der Waals surface area contributed by atoms with E-state index >= 15 is 0 Å². The van der Waals surface area contributed by atoms with Crippen LogP contribution in [-0.4, -0.2) is 39.5 Å². The Morgan fingerprint density at radius 2 is 2.14 bits per heavy atom. The molecule has 1 unspecified atom stereocenters. The highest BCUT2D eigenvalue weighted by atomic mass is 32.2. The number of fused-ring (bicyclic) bond motifs is 1. The summed E-state index contributed by atoms with van der Waals surface area (Å²) in [6.45, 7) is 8.22. The van der Waals surface area contributed by atoms with Gasteiger partial charge < -0.3 is 14.6 Å². The van der Waals surface area contributed by atoms with Crippen LogP contribution in [0.15, 0.2) is 5.16 Å². The van der Waals surface area contributed by atoms with E-state index < -0.39 is 0 Å². The molecule has 0 spiro atoms. The van der Waals surface area contributed by atoms with Gasteiger partial charge in [0.2, 0.25) is 5.91 Å². The van der Waals surface area contributed by atoms with E-state index in [9.17, 15) is 9.59 Å². The molecule has 0 aromatic carbocycles. The summed E-state index contributed by atoms with van der Waals surface area (Å²) in [7, 11) is 1.38. The van der Waals surface area contributed by atoms with E-state index in [4.69, 9.17) is 4.74 Å². The molecule has 0 fully saturated rings. The lowest BCUT2D eigenvalue weighted by Gasteiger charge is -2.18. The number of nitrogens with one attached hydrogen (secondary N) is 1. The van der Waals surface area contributed by atoms with Crippen LogP contribution in [0.25, 0.3) is 0 Å². The lowest BCUT2D eigenvalue weighted by Crippen LogP contribution is -2.17. The van der Waals surface area contributed by atoms with Crippen molar-refractivity contribution in [2.45, 2.75) is 58.2 Å². The third-order valence-electron chi connectivity index (χ3n) is 4.84. The number of carbonyl (C=O) groups is 2. The Balaban J connectivity index is 1.75. The minimum absolute atomic E-state index is 0.169. The second-order valence-electron chi connectivity index (χ2n) is 7.38. The van der Waals surface area contributed by atoms with Crippen LogP contribution >= 0.6 is 23.1 Å². The molecule has 152 valence electrons. The molecule has 0 aliphatic heterocycles. The van der Waals surface area contributed by atoms with Crippen molar-refractivity contribution in [3.63, 3.8) is 0 Å². The molecule has 2 aromatic heterocycles. The van der Waals surface area contributed by atoms with Gasteiger partial charge in [-0.2, -0.15) is 0 Å². The summed E-state index contributed by atoms with van der Waals surface area (Å²) in [5.41, 5.74) is 1.56. The summed E-state index contributed by atoms with van der Waals surface area (Å²) in [5.74, 6) is 1.06. The maximum Gasteiger partial charge on any atom is 0.341 e. The zero-order valence-electron chi connectivity index (χ0n) is 16.9. The van der Waals surface area contributed by atoms with E-state index in [1.165, 1.54) is 35.1 Å². The predicted molar refractivity (Wildman–Crippen MR) is 111 cm³/mol. The Morgan fingerprint density at radius 3 is 2.82 bits per heavy atom. The van der Waals surface area contributed by atoms with E-state index in [0.29, 0.717) is 16.5 Å². The summed E-state index contributed by atoms with van der Waals surface area (Å²) in [6.07, 6.45) is 2.82. The van der Waals surface area contributed by atoms with Crippen LogP contribution in [0.5, 0.6) is 0 Å². The molecule has 1 aliphatic carbocycles. The van der Waals surface area contributed by atoms with Gasteiger partial charge in [-0.1, -0.05) is 18.7 Å². The fourth-order valence-corrected chi connectivity index (χ4v) is 5.82. The van der Waals surface area contributed by atoms with Gasteiger partial charge in [0.15, 0.2) is 5.16 Å². The zero-order valence-corrected chi connectivity index (χ0v) is 18.5. The molecule has 7 nitrogen and oxygen atoms in total. The van der Waals surface area contributed by atoms with Gasteiger partial charge in [0.1, 0.15) is 10.8 Å². The molecule has 1 N–H and O–H groups in total. The first-order valence-electron chi connectivity index (χ1n) is 9.38. The summed E-state index contributed by atoms with van der Waals surface area (Å²) < 4.78 is 6.98. The van der Waals surface area contributed by atoms with Crippen molar-refractivity contribution in [1.82, 2.24) is 14.8 Å². The molecule has 1 aliphatic rings. The summed E-state index contributed by atoms with van der Waals surface area (Å²) in [4.78, 5) is 26.1. The first kappa shape index (κ1) is 20.9. The van der Waals surface area contributed by atoms with Crippen molar-refractivity contribution in [3.05, 3.63) is 21.8 Å². The number of rotatable bonds is 6.